The van der Waals surface area contributed by atoms with Gasteiger partial charge in [-0.3, -0.25) is 4.79 Å². The van der Waals surface area contributed by atoms with Gasteiger partial charge in [0.1, 0.15) is 6.04 Å². The van der Waals surface area contributed by atoms with Crippen molar-refractivity contribution < 1.29 is 23.1 Å². The van der Waals surface area contributed by atoms with E-state index in [2.05, 4.69) is 5.32 Å². The molecule has 0 saturated carbocycles. The molecule has 0 aromatic rings. The van der Waals surface area contributed by atoms with Crippen LogP contribution in [0.4, 0.5) is 0 Å². The molecule has 17 heavy (non-hydrogen) atoms. The van der Waals surface area contributed by atoms with Crippen LogP contribution in [-0.2, 0) is 19.4 Å². The van der Waals surface area contributed by atoms with Gasteiger partial charge in [-0.2, -0.15) is 0 Å². The van der Waals surface area contributed by atoms with Crippen molar-refractivity contribution in [3.8, 4) is 0 Å². The maximum Gasteiger partial charge on any atom is 0.326 e. The molecule has 2 atom stereocenters. The molecule has 1 fully saturated rings. The van der Waals surface area contributed by atoms with Crippen molar-refractivity contribution in [2.45, 2.75) is 26.3 Å². The minimum atomic E-state index is -3.13. The molecule has 1 aliphatic rings. The summed E-state index contributed by atoms with van der Waals surface area (Å²) in [6, 6.07) is -0.967. The standard InChI is InChI=1S/C10H17NO5S/c1-6(2)8(10(13)14)11-9(12)7-3-4-17(15,16)5-7/h6-8H,3-5H2,1-2H3,(H,11,12)(H,13,14)/t7?,8-/m0/s1. The lowest BCUT2D eigenvalue weighted by Gasteiger charge is -2.19. The molecule has 7 heteroatoms. The van der Waals surface area contributed by atoms with Crippen LogP contribution in [0, 0.1) is 11.8 Å². The summed E-state index contributed by atoms with van der Waals surface area (Å²) >= 11 is 0. The largest absolute Gasteiger partial charge is 0.480 e. The molecular formula is C10H17NO5S. The van der Waals surface area contributed by atoms with E-state index in [9.17, 15) is 18.0 Å². The van der Waals surface area contributed by atoms with Gasteiger partial charge in [-0.05, 0) is 12.3 Å². The third-order valence-corrected chi connectivity index (χ3v) is 4.60. The lowest BCUT2D eigenvalue weighted by atomic mass is 10.0. The molecule has 98 valence electrons. The second-order valence-corrected chi connectivity index (χ2v) is 6.90. The second-order valence-electron chi connectivity index (χ2n) is 4.67. The van der Waals surface area contributed by atoms with E-state index in [0.29, 0.717) is 0 Å². The Morgan fingerprint density at radius 2 is 1.94 bits per heavy atom. The minimum Gasteiger partial charge on any atom is -0.480 e. The smallest absolute Gasteiger partial charge is 0.326 e. The fourth-order valence-electron chi connectivity index (χ4n) is 1.79. The monoisotopic (exact) mass is 263 g/mol. The van der Waals surface area contributed by atoms with Crippen molar-refractivity contribution in [3.05, 3.63) is 0 Å². The summed E-state index contributed by atoms with van der Waals surface area (Å²) in [4.78, 5) is 22.6. The van der Waals surface area contributed by atoms with Gasteiger partial charge in [0.2, 0.25) is 5.91 Å². The predicted octanol–water partition coefficient (Wildman–Crippen LogP) is -0.353. The average Bonchev–Trinajstić information content (AvgIpc) is 2.53. The van der Waals surface area contributed by atoms with Crippen LogP contribution in [0.2, 0.25) is 0 Å². The molecule has 0 aromatic heterocycles. The van der Waals surface area contributed by atoms with E-state index in [0.717, 1.165) is 0 Å². The number of carbonyl (C=O) groups excluding carboxylic acids is 1. The van der Waals surface area contributed by atoms with E-state index in [1.54, 1.807) is 13.8 Å². The van der Waals surface area contributed by atoms with Gasteiger partial charge in [0.15, 0.2) is 9.84 Å². The molecule has 1 amide bonds. The fraction of sp³-hybridized carbons (Fsp3) is 0.800. The van der Waals surface area contributed by atoms with E-state index < -0.39 is 33.7 Å². The van der Waals surface area contributed by atoms with Crippen LogP contribution in [0.1, 0.15) is 20.3 Å². The second kappa shape index (κ2) is 5.03. The maximum absolute atomic E-state index is 11.7. The van der Waals surface area contributed by atoms with Crippen LogP contribution in [0.15, 0.2) is 0 Å². The summed E-state index contributed by atoms with van der Waals surface area (Å²) in [5.74, 6) is -2.61. The summed E-state index contributed by atoms with van der Waals surface area (Å²) in [6.45, 7) is 3.37. The molecule has 0 spiro atoms. The minimum absolute atomic E-state index is 0.00447. The van der Waals surface area contributed by atoms with Crippen molar-refractivity contribution in [2.75, 3.05) is 11.5 Å². The number of amides is 1. The highest BCUT2D eigenvalue weighted by Gasteiger charge is 2.35. The Hall–Kier alpha value is -1.11. The molecule has 0 aliphatic carbocycles. The zero-order chi connectivity index (χ0) is 13.2. The van der Waals surface area contributed by atoms with Gasteiger partial charge in [0, 0.05) is 0 Å². The topological polar surface area (TPSA) is 101 Å². The van der Waals surface area contributed by atoms with Gasteiger partial charge in [-0.1, -0.05) is 13.8 Å². The molecule has 1 unspecified atom stereocenters. The van der Waals surface area contributed by atoms with E-state index in [1.807, 2.05) is 0 Å². The molecule has 0 aromatic carbocycles. The van der Waals surface area contributed by atoms with Crippen molar-refractivity contribution in [1.82, 2.24) is 5.32 Å². The van der Waals surface area contributed by atoms with Gasteiger partial charge >= 0.3 is 5.97 Å². The number of carboxylic acid groups (broad SMARTS) is 1. The Bertz CT molecular complexity index is 414. The molecule has 0 bridgehead atoms. The predicted molar refractivity (Wildman–Crippen MR) is 61.2 cm³/mol. The van der Waals surface area contributed by atoms with E-state index >= 15 is 0 Å². The number of aliphatic carboxylic acids is 1. The highest BCUT2D eigenvalue weighted by Crippen LogP contribution is 2.19. The molecule has 1 aliphatic heterocycles. The summed E-state index contributed by atoms with van der Waals surface area (Å²) < 4.78 is 22.4. The Balaban J connectivity index is 2.63. The van der Waals surface area contributed by atoms with Crippen LogP contribution in [0.25, 0.3) is 0 Å². The van der Waals surface area contributed by atoms with Gasteiger partial charge in [0.25, 0.3) is 0 Å². The van der Waals surface area contributed by atoms with Crippen LogP contribution in [-0.4, -0.2) is 42.9 Å². The zero-order valence-electron chi connectivity index (χ0n) is 9.84. The van der Waals surface area contributed by atoms with E-state index in [1.165, 1.54) is 0 Å². The highest BCUT2D eigenvalue weighted by molar-refractivity contribution is 7.91. The zero-order valence-corrected chi connectivity index (χ0v) is 10.7. The summed E-state index contributed by atoms with van der Waals surface area (Å²) in [7, 11) is -3.13. The number of rotatable bonds is 4. The maximum atomic E-state index is 11.7. The van der Waals surface area contributed by atoms with Crippen molar-refractivity contribution >= 4 is 21.7 Å². The number of sulfone groups is 1. The number of carbonyl (C=O) groups is 2. The van der Waals surface area contributed by atoms with Crippen LogP contribution >= 0.6 is 0 Å². The quantitative estimate of drug-likeness (QED) is 0.722. The first-order valence-corrected chi connectivity index (χ1v) is 7.28. The third kappa shape index (κ3) is 3.69. The molecule has 1 rings (SSSR count). The Kier molecular flexibility index (Phi) is 4.13. The molecular weight excluding hydrogens is 246 g/mol. The van der Waals surface area contributed by atoms with Crippen LogP contribution < -0.4 is 5.32 Å². The van der Waals surface area contributed by atoms with Crippen molar-refractivity contribution in [3.63, 3.8) is 0 Å². The molecule has 2 N–H and O–H groups in total. The van der Waals surface area contributed by atoms with Gasteiger partial charge < -0.3 is 10.4 Å². The third-order valence-electron chi connectivity index (χ3n) is 2.83. The molecule has 1 saturated heterocycles. The fourth-order valence-corrected chi connectivity index (χ4v) is 3.53. The number of carboxylic acids is 1. The first kappa shape index (κ1) is 14.0. The summed E-state index contributed by atoms with van der Waals surface area (Å²) in [6.07, 6.45) is 0.276. The molecule has 1 heterocycles. The van der Waals surface area contributed by atoms with Crippen molar-refractivity contribution in [1.29, 1.82) is 0 Å². The average molecular weight is 263 g/mol. The summed E-state index contributed by atoms with van der Waals surface area (Å²) in [5, 5.41) is 11.3. The molecule has 6 nitrogen and oxygen atoms in total. The van der Waals surface area contributed by atoms with Gasteiger partial charge in [-0.25, -0.2) is 13.2 Å². The Morgan fingerprint density at radius 3 is 2.29 bits per heavy atom. The van der Waals surface area contributed by atoms with Crippen molar-refractivity contribution in [2.24, 2.45) is 11.8 Å². The van der Waals surface area contributed by atoms with Gasteiger partial charge in [-0.15, -0.1) is 0 Å². The Labute approximate surface area is 100 Å². The van der Waals surface area contributed by atoms with Crippen LogP contribution in [0.5, 0.6) is 0 Å². The SMILES string of the molecule is CC(C)[C@H](NC(=O)C1CCS(=O)(=O)C1)C(=O)O. The van der Waals surface area contributed by atoms with Gasteiger partial charge in [0.05, 0.1) is 17.4 Å². The highest BCUT2D eigenvalue weighted by atomic mass is 32.2. The normalized spacial score (nSPS) is 24.5. The molecule has 0 radical (unpaired) electrons. The lowest BCUT2D eigenvalue weighted by Crippen LogP contribution is -2.46. The van der Waals surface area contributed by atoms with Crippen LogP contribution in [0.3, 0.4) is 0 Å². The number of nitrogens with one attached hydrogen (secondary N) is 1. The Morgan fingerprint density at radius 1 is 1.35 bits per heavy atom. The number of hydrogen-bond acceptors (Lipinski definition) is 4. The number of hydrogen-bond donors (Lipinski definition) is 2. The summed E-state index contributed by atoms with van der Waals surface area (Å²) in [5.41, 5.74) is 0. The first-order chi connectivity index (χ1) is 7.73. The first-order valence-electron chi connectivity index (χ1n) is 5.46. The van der Waals surface area contributed by atoms with E-state index in [-0.39, 0.29) is 23.8 Å². The lowest BCUT2D eigenvalue weighted by molar-refractivity contribution is -0.143. The van der Waals surface area contributed by atoms with E-state index in [4.69, 9.17) is 5.11 Å².